The van der Waals surface area contributed by atoms with Crippen LogP contribution >= 0.6 is 0 Å². The molecule has 1 aromatic heterocycles. The molecular weight excluding hydrogens is 180 g/mol. The van der Waals surface area contributed by atoms with E-state index >= 15 is 0 Å². The van der Waals surface area contributed by atoms with Crippen LogP contribution in [0.1, 0.15) is 33.7 Å². The van der Waals surface area contributed by atoms with Crippen LogP contribution < -0.4 is 5.69 Å². The molecule has 0 fully saturated rings. The first-order valence-electron chi connectivity index (χ1n) is 4.81. The zero-order valence-corrected chi connectivity index (χ0v) is 9.19. The summed E-state index contributed by atoms with van der Waals surface area (Å²) in [6, 6.07) is 0.158. The van der Waals surface area contributed by atoms with E-state index in [4.69, 9.17) is 0 Å². The molecule has 1 heterocycles. The summed E-state index contributed by atoms with van der Waals surface area (Å²) >= 11 is 0. The van der Waals surface area contributed by atoms with E-state index < -0.39 is 5.60 Å². The van der Waals surface area contributed by atoms with Gasteiger partial charge in [0.05, 0.1) is 12.1 Å². The van der Waals surface area contributed by atoms with Crippen molar-refractivity contribution < 1.29 is 5.11 Å². The fourth-order valence-electron chi connectivity index (χ4n) is 1.36. The number of nitrogens with zero attached hydrogens (tertiary/aromatic N) is 2. The second-order valence-electron chi connectivity index (χ2n) is 4.52. The molecule has 1 aromatic rings. The Balaban J connectivity index is 2.97. The van der Waals surface area contributed by atoms with Crippen LogP contribution in [0.25, 0.3) is 0 Å². The minimum atomic E-state index is -0.854. The van der Waals surface area contributed by atoms with Gasteiger partial charge in [0, 0.05) is 18.4 Å². The summed E-state index contributed by atoms with van der Waals surface area (Å²) in [5, 5.41) is 9.57. The van der Waals surface area contributed by atoms with Crippen LogP contribution in [-0.2, 0) is 6.54 Å². The molecular formula is C10H18N2O2. The highest BCUT2D eigenvalue weighted by Gasteiger charge is 2.16. The van der Waals surface area contributed by atoms with Gasteiger partial charge in [-0.15, -0.1) is 0 Å². The Morgan fingerprint density at radius 3 is 2.36 bits per heavy atom. The molecule has 0 aliphatic rings. The Hall–Kier alpha value is -1.03. The first kappa shape index (κ1) is 11.0. The van der Waals surface area contributed by atoms with Crippen molar-refractivity contribution in [2.75, 3.05) is 0 Å². The van der Waals surface area contributed by atoms with Crippen LogP contribution in [0.15, 0.2) is 17.2 Å². The molecule has 0 aliphatic heterocycles. The van der Waals surface area contributed by atoms with Crippen LogP contribution in [-0.4, -0.2) is 19.8 Å². The smallest absolute Gasteiger partial charge is 0.328 e. The van der Waals surface area contributed by atoms with Crippen LogP contribution in [0.5, 0.6) is 0 Å². The normalized spacial score (nSPS) is 12.4. The maximum absolute atomic E-state index is 11.7. The molecule has 1 N–H and O–H groups in total. The van der Waals surface area contributed by atoms with Crippen LogP contribution in [0, 0.1) is 0 Å². The van der Waals surface area contributed by atoms with Gasteiger partial charge in [0.15, 0.2) is 0 Å². The number of rotatable bonds is 3. The lowest BCUT2D eigenvalue weighted by molar-refractivity contribution is 0.0602. The molecule has 80 valence electrons. The third-order valence-electron chi connectivity index (χ3n) is 1.99. The Bertz CT molecular complexity index is 355. The molecule has 0 saturated heterocycles. The fraction of sp³-hybridized carbons (Fsp3) is 0.700. The van der Waals surface area contributed by atoms with E-state index in [2.05, 4.69) is 0 Å². The average molecular weight is 198 g/mol. The second-order valence-corrected chi connectivity index (χ2v) is 4.52. The maximum Gasteiger partial charge on any atom is 0.328 e. The molecule has 1 rings (SSSR count). The van der Waals surface area contributed by atoms with E-state index in [0.29, 0.717) is 6.54 Å². The fourth-order valence-corrected chi connectivity index (χ4v) is 1.36. The van der Waals surface area contributed by atoms with Crippen LogP contribution in [0.4, 0.5) is 0 Å². The Labute approximate surface area is 83.8 Å². The molecule has 0 aliphatic carbocycles. The number of aromatic nitrogens is 2. The predicted molar refractivity (Wildman–Crippen MR) is 55.4 cm³/mol. The van der Waals surface area contributed by atoms with Crippen molar-refractivity contribution >= 4 is 0 Å². The van der Waals surface area contributed by atoms with Gasteiger partial charge in [0.2, 0.25) is 0 Å². The highest BCUT2D eigenvalue weighted by molar-refractivity contribution is 4.85. The Kier molecular flexibility index (Phi) is 2.85. The first-order valence-corrected chi connectivity index (χ1v) is 4.81. The highest BCUT2D eigenvalue weighted by Crippen LogP contribution is 2.05. The van der Waals surface area contributed by atoms with Crippen LogP contribution in [0.2, 0.25) is 0 Å². The van der Waals surface area contributed by atoms with Gasteiger partial charge in [-0.25, -0.2) is 4.79 Å². The predicted octanol–water partition coefficient (Wildman–Crippen LogP) is 1.00. The van der Waals surface area contributed by atoms with Crippen molar-refractivity contribution in [3.8, 4) is 0 Å². The topological polar surface area (TPSA) is 47.2 Å². The molecule has 0 bridgehead atoms. The van der Waals surface area contributed by atoms with Crippen molar-refractivity contribution in [3.63, 3.8) is 0 Å². The van der Waals surface area contributed by atoms with E-state index in [-0.39, 0.29) is 11.7 Å². The molecule has 0 amide bonds. The van der Waals surface area contributed by atoms with E-state index in [0.717, 1.165) is 0 Å². The first-order chi connectivity index (χ1) is 6.31. The zero-order chi connectivity index (χ0) is 10.9. The molecule has 0 unspecified atom stereocenters. The summed E-state index contributed by atoms with van der Waals surface area (Å²) in [4.78, 5) is 11.7. The molecule has 0 atom stereocenters. The van der Waals surface area contributed by atoms with Gasteiger partial charge in [-0.1, -0.05) is 0 Å². The minimum Gasteiger partial charge on any atom is -0.389 e. The van der Waals surface area contributed by atoms with E-state index in [1.165, 1.54) is 4.57 Å². The lowest BCUT2D eigenvalue weighted by atomic mass is 10.1. The van der Waals surface area contributed by atoms with Crippen molar-refractivity contribution in [2.45, 2.75) is 45.9 Å². The summed E-state index contributed by atoms with van der Waals surface area (Å²) in [7, 11) is 0. The average Bonchev–Trinajstić information content (AvgIpc) is 2.29. The van der Waals surface area contributed by atoms with Gasteiger partial charge < -0.3 is 5.11 Å². The zero-order valence-electron chi connectivity index (χ0n) is 9.19. The van der Waals surface area contributed by atoms with Gasteiger partial charge >= 0.3 is 5.69 Å². The lowest BCUT2D eigenvalue weighted by Gasteiger charge is -2.16. The van der Waals surface area contributed by atoms with Gasteiger partial charge in [0.1, 0.15) is 0 Å². The number of imidazole rings is 1. The van der Waals surface area contributed by atoms with Gasteiger partial charge in [-0.2, -0.15) is 0 Å². The van der Waals surface area contributed by atoms with Gasteiger partial charge in [-0.3, -0.25) is 9.13 Å². The van der Waals surface area contributed by atoms with Crippen molar-refractivity contribution in [3.05, 3.63) is 22.9 Å². The lowest BCUT2D eigenvalue weighted by Crippen LogP contribution is -2.33. The van der Waals surface area contributed by atoms with Crippen molar-refractivity contribution in [2.24, 2.45) is 0 Å². The van der Waals surface area contributed by atoms with Crippen molar-refractivity contribution in [1.82, 2.24) is 9.13 Å². The SMILES string of the molecule is CC(C)n1ccn(CC(C)(C)O)c1=O. The minimum absolute atomic E-state index is 0.0675. The summed E-state index contributed by atoms with van der Waals surface area (Å²) < 4.78 is 3.17. The standard InChI is InChI=1S/C10H18N2O2/c1-8(2)12-6-5-11(9(12)13)7-10(3,4)14/h5-6,8,14H,7H2,1-4H3. The third kappa shape index (κ3) is 2.48. The molecule has 0 radical (unpaired) electrons. The summed E-state index contributed by atoms with van der Waals surface area (Å²) in [5.74, 6) is 0. The summed E-state index contributed by atoms with van der Waals surface area (Å²) in [6.07, 6.45) is 3.46. The second kappa shape index (κ2) is 3.61. The summed E-state index contributed by atoms with van der Waals surface area (Å²) in [6.45, 7) is 7.61. The number of hydrogen-bond acceptors (Lipinski definition) is 2. The largest absolute Gasteiger partial charge is 0.389 e. The highest BCUT2D eigenvalue weighted by atomic mass is 16.3. The quantitative estimate of drug-likeness (QED) is 0.787. The van der Waals surface area contributed by atoms with Gasteiger partial charge in [0.25, 0.3) is 0 Å². The summed E-state index contributed by atoms with van der Waals surface area (Å²) in [5.41, 5.74) is -0.922. The molecule has 0 aromatic carbocycles. The monoisotopic (exact) mass is 198 g/mol. The number of aliphatic hydroxyl groups is 1. The molecule has 0 saturated carbocycles. The van der Waals surface area contributed by atoms with Gasteiger partial charge in [-0.05, 0) is 27.7 Å². The Morgan fingerprint density at radius 1 is 1.43 bits per heavy atom. The van der Waals surface area contributed by atoms with E-state index in [9.17, 15) is 9.90 Å². The number of hydrogen-bond donors (Lipinski definition) is 1. The van der Waals surface area contributed by atoms with E-state index in [1.54, 1.807) is 30.8 Å². The Morgan fingerprint density at radius 2 is 2.00 bits per heavy atom. The van der Waals surface area contributed by atoms with Crippen molar-refractivity contribution in [1.29, 1.82) is 0 Å². The third-order valence-corrected chi connectivity index (χ3v) is 1.99. The molecule has 14 heavy (non-hydrogen) atoms. The molecule has 4 nitrogen and oxygen atoms in total. The van der Waals surface area contributed by atoms with Crippen LogP contribution in [0.3, 0.4) is 0 Å². The maximum atomic E-state index is 11.7. The molecule has 4 heteroatoms. The molecule has 0 spiro atoms. The van der Waals surface area contributed by atoms with E-state index in [1.807, 2.05) is 13.8 Å².